The second-order valence-electron chi connectivity index (χ2n) is 2.20. The molecule has 0 aromatic carbocycles. The van der Waals surface area contributed by atoms with E-state index in [1.807, 2.05) is 0 Å². The molecular weight excluding hydrogens is 162 g/mol. The van der Waals surface area contributed by atoms with Crippen LogP contribution in [0.3, 0.4) is 0 Å². The molecule has 1 amide bonds. The van der Waals surface area contributed by atoms with Gasteiger partial charge in [0, 0.05) is 6.42 Å². The number of nitrogens with one attached hydrogen (secondary N) is 1. The molecule has 0 fully saturated rings. The summed E-state index contributed by atoms with van der Waals surface area (Å²) < 4.78 is 4.24. The van der Waals surface area contributed by atoms with E-state index in [0.29, 0.717) is 6.42 Å². The molecule has 0 aliphatic carbocycles. The lowest BCUT2D eigenvalue weighted by Crippen LogP contribution is -2.36. The normalized spacial score (nSPS) is 11.9. The molecule has 5 nitrogen and oxygen atoms in total. The summed E-state index contributed by atoms with van der Waals surface area (Å²) in [6, 6.07) is 0. The number of aliphatic hydroxyl groups is 1. The maximum Gasteiger partial charge on any atom is 0.336 e. The summed E-state index contributed by atoms with van der Waals surface area (Å²) in [4.78, 5) is 21.2. The van der Waals surface area contributed by atoms with Gasteiger partial charge in [-0.1, -0.05) is 6.92 Å². The molecule has 0 aliphatic heterocycles. The molecule has 5 heteroatoms. The molecule has 12 heavy (non-hydrogen) atoms. The third-order valence-electron chi connectivity index (χ3n) is 1.29. The van der Waals surface area contributed by atoms with Crippen LogP contribution in [0.25, 0.3) is 0 Å². The number of esters is 1. The van der Waals surface area contributed by atoms with Gasteiger partial charge >= 0.3 is 5.97 Å². The first-order valence-corrected chi connectivity index (χ1v) is 3.64. The maximum atomic E-state index is 10.7. The molecule has 0 aromatic rings. The summed E-state index contributed by atoms with van der Waals surface area (Å²) in [6.07, 6.45) is -0.945. The van der Waals surface area contributed by atoms with Gasteiger partial charge in [0.05, 0.1) is 13.7 Å². The van der Waals surface area contributed by atoms with Crippen LogP contribution in [0, 0.1) is 0 Å². The second kappa shape index (κ2) is 5.54. The molecule has 2 N–H and O–H groups in total. The lowest BCUT2D eigenvalue weighted by molar-refractivity contribution is -0.150. The molecule has 0 radical (unpaired) electrons. The van der Waals surface area contributed by atoms with Crippen LogP contribution >= 0.6 is 0 Å². The minimum atomic E-state index is -1.27. The third-order valence-corrected chi connectivity index (χ3v) is 1.29. The van der Waals surface area contributed by atoms with Gasteiger partial charge in [-0.2, -0.15) is 0 Å². The van der Waals surface area contributed by atoms with Crippen LogP contribution in [0.1, 0.15) is 13.3 Å². The first-order chi connectivity index (χ1) is 5.61. The van der Waals surface area contributed by atoms with Gasteiger partial charge in [-0.15, -0.1) is 0 Å². The second-order valence-corrected chi connectivity index (χ2v) is 2.20. The number of ether oxygens (including phenoxy) is 1. The van der Waals surface area contributed by atoms with E-state index >= 15 is 0 Å². The van der Waals surface area contributed by atoms with Crippen molar-refractivity contribution in [1.82, 2.24) is 5.32 Å². The molecule has 70 valence electrons. The lowest BCUT2D eigenvalue weighted by Gasteiger charge is -2.08. The van der Waals surface area contributed by atoms with E-state index in [1.165, 1.54) is 7.11 Å². The zero-order valence-corrected chi connectivity index (χ0v) is 7.16. The Labute approximate surface area is 70.7 Å². The van der Waals surface area contributed by atoms with E-state index in [2.05, 4.69) is 10.1 Å². The van der Waals surface area contributed by atoms with Crippen molar-refractivity contribution in [2.24, 2.45) is 0 Å². The molecule has 0 saturated heterocycles. The minimum Gasteiger partial charge on any atom is -0.467 e. The van der Waals surface area contributed by atoms with Crippen molar-refractivity contribution in [2.45, 2.75) is 19.4 Å². The zero-order valence-electron chi connectivity index (χ0n) is 7.16. The first-order valence-electron chi connectivity index (χ1n) is 3.64. The molecule has 0 aromatic heterocycles. The van der Waals surface area contributed by atoms with E-state index in [9.17, 15) is 9.59 Å². The van der Waals surface area contributed by atoms with Gasteiger partial charge < -0.3 is 15.2 Å². The van der Waals surface area contributed by atoms with Crippen molar-refractivity contribution in [3.05, 3.63) is 0 Å². The highest BCUT2D eigenvalue weighted by atomic mass is 16.5. The van der Waals surface area contributed by atoms with Crippen molar-refractivity contribution < 1.29 is 19.4 Å². The summed E-state index contributed by atoms with van der Waals surface area (Å²) in [5, 5.41) is 11.3. The quantitative estimate of drug-likeness (QED) is 0.540. The van der Waals surface area contributed by atoms with Gasteiger partial charge in [0.25, 0.3) is 0 Å². The molecule has 1 unspecified atom stereocenters. The zero-order chi connectivity index (χ0) is 9.56. The Hall–Kier alpha value is -1.10. The third kappa shape index (κ3) is 3.92. The number of carbonyl (C=O) groups excluding carboxylic acids is 2. The maximum absolute atomic E-state index is 10.7. The van der Waals surface area contributed by atoms with Gasteiger partial charge in [-0.3, -0.25) is 4.79 Å². The Morgan fingerprint density at radius 1 is 1.58 bits per heavy atom. The van der Waals surface area contributed by atoms with Crippen molar-refractivity contribution in [2.75, 3.05) is 13.7 Å². The molecular formula is C7H13NO4. The Morgan fingerprint density at radius 3 is 2.58 bits per heavy atom. The molecule has 1 atom stereocenters. The van der Waals surface area contributed by atoms with E-state index in [0.717, 1.165) is 0 Å². The molecule has 0 spiro atoms. The predicted octanol–water partition coefficient (Wildman–Crippen LogP) is -0.953. The minimum absolute atomic E-state index is 0.0979. The van der Waals surface area contributed by atoms with Gasteiger partial charge in [0.15, 0.2) is 6.10 Å². The van der Waals surface area contributed by atoms with E-state index in [4.69, 9.17) is 5.11 Å². The van der Waals surface area contributed by atoms with Crippen LogP contribution in [0.15, 0.2) is 0 Å². The SMILES string of the molecule is CCC(=O)NCC(O)C(=O)OC. The number of carbonyl (C=O) groups is 2. The van der Waals surface area contributed by atoms with Crippen molar-refractivity contribution in [3.63, 3.8) is 0 Å². The van der Waals surface area contributed by atoms with Crippen molar-refractivity contribution in [1.29, 1.82) is 0 Å². The highest BCUT2D eigenvalue weighted by Crippen LogP contribution is 1.85. The highest BCUT2D eigenvalue weighted by molar-refractivity contribution is 5.78. The van der Waals surface area contributed by atoms with Crippen molar-refractivity contribution >= 4 is 11.9 Å². The monoisotopic (exact) mass is 175 g/mol. The van der Waals surface area contributed by atoms with Gasteiger partial charge in [0.2, 0.25) is 5.91 Å². The lowest BCUT2D eigenvalue weighted by atomic mass is 10.3. The fourth-order valence-electron chi connectivity index (χ4n) is 0.555. The average molecular weight is 175 g/mol. The van der Waals surface area contributed by atoms with Crippen LogP contribution in [-0.4, -0.2) is 36.7 Å². The standard InChI is InChI=1S/C7H13NO4/c1-3-6(10)8-4-5(9)7(11)12-2/h5,9H,3-4H2,1-2H3,(H,8,10). The molecule has 0 bridgehead atoms. The number of methoxy groups -OCH3 is 1. The first kappa shape index (κ1) is 10.9. The number of rotatable bonds is 4. The van der Waals surface area contributed by atoms with Crippen molar-refractivity contribution in [3.8, 4) is 0 Å². The topological polar surface area (TPSA) is 75.6 Å². The van der Waals surface area contributed by atoms with Crippen LogP contribution in [0.2, 0.25) is 0 Å². The number of hydrogen-bond acceptors (Lipinski definition) is 4. The number of aliphatic hydroxyl groups excluding tert-OH is 1. The summed E-state index contributed by atoms with van der Waals surface area (Å²) in [6.45, 7) is 1.58. The number of hydrogen-bond donors (Lipinski definition) is 2. The summed E-state index contributed by atoms with van der Waals surface area (Å²) in [7, 11) is 1.17. The Balaban J connectivity index is 3.63. The highest BCUT2D eigenvalue weighted by Gasteiger charge is 2.15. The Morgan fingerprint density at radius 2 is 2.17 bits per heavy atom. The summed E-state index contributed by atoms with van der Waals surface area (Å²) in [5.41, 5.74) is 0. The van der Waals surface area contributed by atoms with E-state index < -0.39 is 12.1 Å². The van der Waals surface area contributed by atoms with Gasteiger partial charge in [-0.05, 0) is 0 Å². The summed E-state index contributed by atoms with van der Waals surface area (Å²) >= 11 is 0. The summed E-state index contributed by atoms with van der Waals surface area (Å²) in [5.74, 6) is -0.954. The van der Waals surface area contributed by atoms with Crippen LogP contribution in [0.4, 0.5) is 0 Å². The fourth-order valence-corrected chi connectivity index (χ4v) is 0.555. The Bertz CT molecular complexity index is 169. The smallest absolute Gasteiger partial charge is 0.336 e. The predicted molar refractivity (Wildman–Crippen MR) is 41.3 cm³/mol. The molecule has 0 heterocycles. The molecule has 0 rings (SSSR count). The van der Waals surface area contributed by atoms with Crippen LogP contribution < -0.4 is 5.32 Å². The Kier molecular flexibility index (Phi) is 5.03. The van der Waals surface area contributed by atoms with Gasteiger partial charge in [0.1, 0.15) is 0 Å². The average Bonchev–Trinajstić information content (AvgIpc) is 2.11. The van der Waals surface area contributed by atoms with Crippen LogP contribution in [0.5, 0.6) is 0 Å². The van der Waals surface area contributed by atoms with E-state index in [1.54, 1.807) is 6.92 Å². The van der Waals surface area contributed by atoms with Gasteiger partial charge in [-0.25, -0.2) is 4.79 Å². The fraction of sp³-hybridized carbons (Fsp3) is 0.714. The van der Waals surface area contributed by atoms with E-state index in [-0.39, 0.29) is 12.5 Å². The molecule has 0 aliphatic rings. The largest absolute Gasteiger partial charge is 0.467 e. The molecule has 0 saturated carbocycles. The van der Waals surface area contributed by atoms with Crippen LogP contribution in [-0.2, 0) is 14.3 Å². The number of amides is 1.